The van der Waals surface area contributed by atoms with E-state index >= 15 is 0 Å². The Balaban J connectivity index is 2.30. The van der Waals surface area contributed by atoms with E-state index in [0.29, 0.717) is 19.1 Å². The zero-order chi connectivity index (χ0) is 14.4. The molecular formula is C13H25N3O3. The topological polar surface area (TPSA) is 61.9 Å². The molecule has 1 unspecified atom stereocenters. The Morgan fingerprint density at radius 1 is 1.42 bits per heavy atom. The lowest BCUT2D eigenvalue weighted by atomic mass is 10.1. The zero-order valence-electron chi connectivity index (χ0n) is 12.3. The van der Waals surface area contributed by atoms with Crippen molar-refractivity contribution < 1.29 is 14.3 Å². The molecule has 0 aromatic heterocycles. The molecule has 1 rings (SSSR count). The summed E-state index contributed by atoms with van der Waals surface area (Å²) in [5.74, 6) is -0.243. The molecule has 0 radical (unpaired) electrons. The maximum absolute atomic E-state index is 11.7. The normalized spacial score (nSPS) is 20.4. The van der Waals surface area contributed by atoms with E-state index in [2.05, 4.69) is 24.1 Å². The molecule has 1 heterocycles. The summed E-state index contributed by atoms with van der Waals surface area (Å²) in [4.78, 5) is 26.8. The Morgan fingerprint density at radius 3 is 2.68 bits per heavy atom. The summed E-state index contributed by atoms with van der Waals surface area (Å²) in [7, 11) is 3.33. The fourth-order valence-electron chi connectivity index (χ4n) is 1.95. The third-order valence-corrected chi connectivity index (χ3v) is 3.25. The van der Waals surface area contributed by atoms with Crippen LogP contribution in [0.2, 0.25) is 0 Å². The van der Waals surface area contributed by atoms with Crippen molar-refractivity contribution >= 4 is 11.8 Å². The molecule has 0 spiro atoms. The number of morpholine rings is 1. The van der Waals surface area contributed by atoms with Gasteiger partial charge in [0.25, 0.3) is 0 Å². The molecule has 0 bridgehead atoms. The highest BCUT2D eigenvalue weighted by Crippen LogP contribution is 2.11. The van der Waals surface area contributed by atoms with Gasteiger partial charge in [0.05, 0.1) is 25.7 Å². The predicted molar refractivity (Wildman–Crippen MR) is 72.8 cm³/mol. The molecule has 0 saturated carbocycles. The highest BCUT2D eigenvalue weighted by Gasteiger charge is 2.24. The van der Waals surface area contributed by atoms with Gasteiger partial charge in [-0.1, -0.05) is 0 Å². The van der Waals surface area contributed by atoms with Crippen molar-refractivity contribution in [2.75, 3.05) is 40.3 Å². The Hall–Kier alpha value is -1.14. The van der Waals surface area contributed by atoms with Gasteiger partial charge in [-0.25, -0.2) is 0 Å². The highest BCUT2D eigenvalue weighted by atomic mass is 16.5. The number of carbonyl (C=O) groups is 2. The Morgan fingerprint density at radius 2 is 2.11 bits per heavy atom. The molecule has 1 aliphatic heterocycles. The van der Waals surface area contributed by atoms with Crippen LogP contribution in [0.25, 0.3) is 0 Å². The number of rotatable bonds is 5. The van der Waals surface area contributed by atoms with Crippen molar-refractivity contribution in [1.82, 2.24) is 15.1 Å². The molecule has 19 heavy (non-hydrogen) atoms. The summed E-state index contributed by atoms with van der Waals surface area (Å²) in [6.45, 7) is 6.66. The molecule has 1 atom stereocenters. The van der Waals surface area contributed by atoms with Gasteiger partial charge in [0.1, 0.15) is 0 Å². The van der Waals surface area contributed by atoms with Crippen LogP contribution in [-0.4, -0.2) is 74.1 Å². The van der Waals surface area contributed by atoms with E-state index in [1.54, 1.807) is 14.1 Å². The first-order chi connectivity index (χ1) is 8.90. The van der Waals surface area contributed by atoms with Crippen molar-refractivity contribution in [1.29, 1.82) is 0 Å². The van der Waals surface area contributed by atoms with E-state index in [0.717, 1.165) is 13.1 Å². The van der Waals surface area contributed by atoms with Crippen molar-refractivity contribution in [3.05, 3.63) is 0 Å². The van der Waals surface area contributed by atoms with Crippen molar-refractivity contribution in [3.8, 4) is 0 Å². The van der Waals surface area contributed by atoms with Crippen LogP contribution in [0.4, 0.5) is 0 Å². The van der Waals surface area contributed by atoms with Gasteiger partial charge in [-0.2, -0.15) is 0 Å². The van der Waals surface area contributed by atoms with Crippen LogP contribution in [-0.2, 0) is 14.3 Å². The standard InChI is InChI=1S/C13H25N3O3/c1-10(2)16-5-6-19-11(9-16)7-12(17)14-8-13(18)15(3)4/h10-11H,5-9H2,1-4H3,(H,14,17). The predicted octanol–water partition coefficient (Wildman–Crippen LogP) is -0.310. The SMILES string of the molecule is CC(C)N1CCOC(CC(=O)NCC(=O)N(C)C)C1. The molecule has 0 aromatic rings. The van der Waals surface area contributed by atoms with Gasteiger partial charge in [-0.05, 0) is 13.8 Å². The van der Waals surface area contributed by atoms with Crippen molar-refractivity contribution in [2.24, 2.45) is 0 Å². The number of carbonyl (C=O) groups excluding carboxylic acids is 2. The third kappa shape index (κ3) is 5.57. The number of hydrogen-bond donors (Lipinski definition) is 1. The second kappa shape index (κ2) is 7.45. The van der Waals surface area contributed by atoms with Gasteiger partial charge in [0.2, 0.25) is 11.8 Å². The van der Waals surface area contributed by atoms with Crippen molar-refractivity contribution in [2.45, 2.75) is 32.4 Å². The van der Waals surface area contributed by atoms with Crippen LogP contribution in [0, 0.1) is 0 Å². The number of nitrogens with one attached hydrogen (secondary N) is 1. The molecular weight excluding hydrogens is 246 g/mol. The molecule has 1 N–H and O–H groups in total. The summed E-state index contributed by atoms with van der Waals surface area (Å²) in [5, 5.41) is 2.63. The Bertz CT molecular complexity index is 318. The molecule has 1 fully saturated rings. The van der Waals surface area contributed by atoms with Crippen LogP contribution in [0.5, 0.6) is 0 Å². The lowest BCUT2D eigenvalue weighted by Gasteiger charge is -2.35. The fraction of sp³-hybridized carbons (Fsp3) is 0.846. The van der Waals surface area contributed by atoms with Crippen molar-refractivity contribution in [3.63, 3.8) is 0 Å². The first-order valence-electron chi connectivity index (χ1n) is 6.72. The lowest BCUT2D eigenvalue weighted by Crippen LogP contribution is -2.47. The Kier molecular flexibility index (Phi) is 6.24. The zero-order valence-corrected chi connectivity index (χ0v) is 12.3. The number of nitrogens with zero attached hydrogens (tertiary/aromatic N) is 2. The number of hydrogen-bond acceptors (Lipinski definition) is 4. The maximum Gasteiger partial charge on any atom is 0.241 e. The largest absolute Gasteiger partial charge is 0.375 e. The quantitative estimate of drug-likeness (QED) is 0.745. The molecule has 110 valence electrons. The fourth-order valence-corrected chi connectivity index (χ4v) is 1.95. The molecule has 1 aliphatic rings. The molecule has 0 aromatic carbocycles. The maximum atomic E-state index is 11.7. The van der Waals surface area contributed by atoms with Crippen LogP contribution in [0.3, 0.4) is 0 Å². The van der Waals surface area contributed by atoms with E-state index in [9.17, 15) is 9.59 Å². The summed E-state index contributed by atoms with van der Waals surface area (Å²) in [6, 6.07) is 0.463. The first kappa shape index (κ1) is 15.9. The summed E-state index contributed by atoms with van der Waals surface area (Å²) in [5.41, 5.74) is 0. The lowest BCUT2D eigenvalue weighted by molar-refractivity contribution is -0.132. The molecule has 1 saturated heterocycles. The Labute approximate surface area is 115 Å². The van der Waals surface area contributed by atoms with Gasteiger partial charge >= 0.3 is 0 Å². The first-order valence-corrected chi connectivity index (χ1v) is 6.72. The van der Waals surface area contributed by atoms with Crippen LogP contribution >= 0.6 is 0 Å². The minimum atomic E-state index is -0.134. The van der Waals surface area contributed by atoms with E-state index in [4.69, 9.17) is 4.74 Å². The second-order valence-electron chi connectivity index (χ2n) is 5.35. The second-order valence-corrected chi connectivity index (χ2v) is 5.35. The van der Waals surface area contributed by atoms with E-state index in [1.807, 2.05) is 0 Å². The summed E-state index contributed by atoms with van der Waals surface area (Å²) < 4.78 is 5.59. The van der Waals surface area contributed by atoms with Gasteiger partial charge in [-0.3, -0.25) is 14.5 Å². The number of likely N-dealkylation sites (N-methyl/N-ethyl adjacent to an activating group) is 1. The van der Waals surface area contributed by atoms with Crippen LogP contribution in [0.15, 0.2) is 0 Å². The van der Waals surface area contributed by atoms with Gasteiger partial charge < -0.3 is 15.0 Å². The van der Waals surface area contributed by atoms with E-state index < -0.39 is 0 Å². The smallest absolute Gasteiger partial charge is 0.241 e. The van der Waals surface area contributed by atoms with Gasteiger partial charge in [0.15, 0.2) is 0 Å². The minimum absolute atomic E-state index is 0.0481. The average Bonchev–Trinajstić information content (AvgIpc) is 2.36. The minimum Gasteiger partial charge on any atom is -0.375 e. The van der Waals surface area contributed by atoms with Gasteiger partial charge in [0, 0.05) is 33.2 Å². The molecule has 6 nitrogen and oxygen atoms in total. The average molecular weight is 271 g/mol. The highest BCUT2D eigenvalue weighted by molar-refractivity contribution is 5.84. The molecule has 2 amide bonds. The van der Waals surface area contributed by atoms with E-state index in [-0.39, 0.29) is 24.5 Å². The van der Waals surface area contributed by atoms with E-state index in [1.165, 1.54) is 4.90 Å². The summed E-state index contributed by atoms with van der Waals surface area (Å²) in [6.07, 6.45) is 0.231. The van der Waals surface area contributed by atoms with Crippen LogP contribution < -0.4 is 5.32 Å². The van der Waals surface area contributed by atoms with Gasteiger partial charge in [-0.15, -0.1) is 0 Å². The number of amides is 2. The summed E-state index contributed by atoms with van der Waals surface area (Å²) >= 11 is 0. The monoisotopic (exact) mass is 271 g/mol. The third-order valence-electron chi connectivity index (χ3n) is 3.25. The molecule has 6 heteroatoms. The molecule has 0 aliphatic carbocycles. The van der Waals surface area contributed by atoms with Crippen LogP contribution in [0.1, 0.15) is 20.3 Å². The number of ether oxygens (including phenoxy) is 1.